The van der Waals surface area contributed by atoms with Gasteiger partial charge in [-0.25, -0.2) is 8.42 Å². The summed E-state index contributed by atoms with van der Waals surface area (Å²) in [7, 11) is -3.54. The van der Waals surface area contributed by atoms with Crippen LogP contribution in [0.5, 0.6) is 0 Å². The summed E-state index contributed by atoms with van der Waals surface area (Å²) in [5.74, 6) is -0.674. The summed E-state index contributed by atoms with van der Waals surface area (Å²) in [5, 5.41) is 5.82. The van der Waals surface area contributed by atoms with Gasteiger partial charge in [-0.05, 0) is 79.4 Å². The van der Waals surface area contributed by atoms with Gasteiger partial charge in [0.25, 0.3) is 11.8 Å². The lowest BCUT2D eigenvalue weighted by molar-refractivity contribution is 0.0940. The topological polar surface area (TPSA) is 95.6 Å². The van der Waals surface area contributed by atoms with Crippen LogP contribution >= 0.6 is 0 Å². The second kappa shape index (κ2) is 12.2. The third kappa shape index (κ3) is 6.95. The van der Waals surface area contributed by atoms with Crippen molar-refractivity contribution in [2.75, 3.05) is 15.9 Å². The van der Waals surface area contributed by atoms with Gasteiger partial charge in [-0.3, -0.25) is 13.9 Å². The predicted octanol–water partition coefficient (Wildman–Crippen LogP) is 6.01. The minimum atomic E-state index is -3.54. The Balaban J connectivity index is 1.47. The molecule has 0 unspecified atom stereocenters. The van der Waals surface area contributed by atoms with E-state index in [1.165, 1.54) is 10.6 Å². The first-order chi connectivity index (χ1) is 19.0. The molecular formula is C32H33N3O4S. The number of sulfonamides is 1. The van der Waals surface area contributed by atoms with Gasteiger partial charge in [0.2, 0.25) is 10.0 Å². The Bertz CT molecular complexity index is 1620. The molecule has 4 aromatic rings. The number of nitrogens with zero attached hydrogens (tertiary/aromatic N) is 1. The van der Waals surface area contributed by atoms with E-state index < -0.39 is 10.0 Å². The van der Waals surface area contributed by atoms with Crippen LogP contribution in [-0.2, 0) is 16.6 Å². The van der Waals surface area contributed by atoms with Crippen molar-refractivity contribution in [2.45, 2.75) is 33.4 Å². The van der Waals surface area contributed by atoms with Crippen molar-refractivity contribution in [1.82, 2.24) is 5.32 Å². The molecule has 2 amide bonds. The van der Waals surface area contributed by atoms with Gasteiger partial charge in [0.05, 0.1) is 35.8 Å². The van der Waals surface area contributed by atoms with E-state index in [-0.39, 0.29) is 24.4 Å². The van der Waals surface area contributed by atoms with Crippen molar-refractivity contribution >= 4 is 33.2 Å². The number of para-hydroxylation sites is 1. The summed E-state index contributed by atoms with van der Waals surface area (Å²) in [6.07, 6.45) is 1.18. The minimum Gasteiger partial charge on any atom is -0.345 e. The summed E-state index contributed by atoms with van der Waals surface area (Å²) in [6.45, 7) is 5.95. The third-order valence-electron chi connectivity index (χ3n) is 6.79. The van der Waals surface area contributed by atoms with Gasteiger partial charge in [-0.1, -0.05) is 60.7 Å². The highest BCUT2D eigenvalue weighted by atomic mass is 32.2. The van der Waals surface area contributed by atoms with E-state index >= 15 is 0 Å². The number of carbonyl (C=O) groups excluding carboxylic acids is 2. The van der Waals surface area contributed by atoms with E-state index in [1.54, 1.807) is 54.6 Å². The lowest BCUT2D eigenvalue weighted by Gasteiger charge is -2.23. The fraction of sp³-hybridized carbons (Fsp3) is 0.188. The molecule has 0 saturated carbocycles. The largest absolute Gasteiger partial charge is 0.345 e. The summed E-state index contributed by atoms with van der Waals surface area (Å²) < 4.78 is 26.5. The molecule has 0 aliphatic heterocycles. The fourth-order valence-electron chi connectivity index (χ4n) is 4.29. The smallest absolute Gasteiger partial charge is 0.255 e. The quantitative estimate of drug-likeness (QED) is 0.264. The van der Waals surface area contributed by atoms with Crippen molar-refractivity contribution in [3.8, 4) is 0 Å². The summed E-state index contributed by atoms with van der Waals surface area (Å²) in [4.78, 5) is 26.1. The summed E-state index contributed by atoms with van der Waals surface area (Å²) in [5.41, 5.74) is 5.51. The molecule has 0 aliphatic carbocycles. The average Bonchev–Trinajstić information content (AvgIpc) is 2.93. The molecule has 40 heavy (non-hydrogen) atoms. The number of hydrogen-bond acceptors (Lipinski definition) is 4. The molecule has 0 fully saturated rings. The molecule has 8 heteroatoms. The molecule has 1 atom stereocenters. The summed E-state index contributed by atoms with van der Waals surface area (Å²) >= 11 is 0. The zero-order valence-electron chi connectivity index (χ0n) is 23.0. The van der Waals surface area contributed by atoms with E-state index in [0.717, 1.165) is 22.3 Å². The Kier molecular flexibility index (Phi) is 8.70. The zero-order chi connectivity index (χ0) is 28.9. The lowest BCUT2D eigenvalue weighted by Crippen LogP contribution is -2.29. The average molecular weight is 556 g/mol. The van der Waals surface area contributed by atoms with E-state index in [9.17, 15) is 18.0 Å². The molecule has 0 saturated heterocycles. The maximum Gasteiger partial charge on any atom is 0.255 e. The van der Waals surface area contributed by atoms with Crippen molar-refractivity contribution in [1.29, 1.82) is 0 Å². The maximum atomic E-state index is 13.1. The standard InChI is InChI=1S/C32H33N3O4S/c1-22-14-19-28(20-23(22)2)35(40(4,38)39)21-25-15-17-27(18-16-25)31(36)34-30-13-9-8-12-29(30)32(37)33-24(3)26-10-6-5-7-11-26/h5-20,24H,21H2,1-4H3,(H,33,37)(H,34,36)/t24-/m1/s1. The molecule has 206 valence electrons. The number of benzene rings is 4. The van der Waals surface area contributed by atoms with E-state index in [0.29, 0.717) is 22.5 Å². The number of anilines is 2. The van der Waals surface area contributed by atoms with Crippen LogP contribution in [0.2, 0.25) is 0 Å². The van der Waals surface area contributed by atoms with Crippen LogP contribution in [0.1, 0.15) is 55.9 Å². The molecule has 0 spiro atoms. The Morgan fingerprint density at radius 3 is 2.10 bits per heavy atom. The van der Waals surface area contributed by atoms with Gasteiger partial charge in [0.1, 0.15) is 0 Å². The van der Waals surface area contributed by atoms with Crippen LogP contribution < -0.4 is 14.9 Å². The number of amides is 2. The van der Waals surface area contributed by atoms with Crippen LogP contribution in [0.25, 0.3) is 0 Å². The molecule has 2 N–H and O–H groups in total. The van der Waals surface area contributed by atoms with Gasteiger partial charge < -0.3 is 10.6 Å². The molecular weight excluding hydrogens is 522 g/mol. The first-order valence-electron chi connectivity index (χ1n) is 12.9. The zero-order valence-corrected chi connectivity index (χ0v) is 23.8. The van der Waals surface area contributed by atoms with Crippen LogP contribution in [-0.4, -0.2) is 26.5 Å². The van der Waals surface area contributed by atoms with Crippen molar-refractivity contribution in [3.63, 3.8) is 0 Å². The minimum absolute atomic E-state index is 0.131. The molecule has 0 heterocycles. The Morgan fingerprint density at radius 1 is 0.800 bits per heavy atom. The lowest BCUT2D eigenvalue weighted by atomic mass is 10.1. The van der Waals surface area contributed by atoms with Crippen molar-refractivity contribution < 1.29 is 18.0 Å². The molecule has 4 rings (SSSR count). The highest BCUT2D eigenvalue weighted by Crippen LogP contribution is 2.24. The highest BCUT2D eigenvalue weighted by Gasteiger charge is 2.20. The molecule has 7 nitrogen and oxygen atoms in total. The first kappa shape index (κ1) is 28.6. The monoisotopic (exact) mass is 555 g/mol. The Labute approximate surface area is 235 Å². The van der Waals surface area contributed by atoms with Crippen LogP contribution in [0.4, 0.5) is 11.4 Å². The number of hydrogen-bond donors (Lipinski definition) is 2. The molecule has 0 aromatic heterocycles. The molecule has 4 aromatic carbocycles. The Morgan fingerprint density at radius 2 is 1.45 bits per heavy atom. The number of rotatable bonds is 9. The van der Waals surface area contributed by atoms with Crippen LogP contribution in [0.15, 0.2) is 97.1 Å². The molecule has 0 aliphatic rings. The second-order valence-electron chi connectivity index (χ2n) is 9.84. The van der Waals surface area contributed by atoms with E-state index in [1.807, 2.05) is 63.2 Å². The third-order valence-corrected chi connectivity index (χ3v) is 7.93. The number of aryl methyl sites for hydroxylation is 2. The van der Waals surface area contributed by atoms with E-state index in [2.05, 4.69) is 10.6 Å². The van der Waals surface area contributed by atoms with Crippen LogP contribution in [0.3, 0.4) is 0 Å². The van der Waals surface area contributed by atoms with Gasteiger partial charge in [-0.15, -0.1) is 0 Å². The fourth-order valence-corrected chi connectivity index (χ4v) is 5.17. The van der Waals surface area contributed by atoms with Crippen LogP contribution in [0, 0.1) is 13.8 Å². The number of nitrogens with one attached hydrogen (secondary N) is 2. The van der Waals surface area contributed by atoms with E-state index in [4.69, 9.17) is 0 Å². The van der Waals surface area contributed by atoms with Gasteiger partial charge in [-0.2, -0.15) is 0 Å². The van der Waals surface area contributed by atoms with Crippen molar-refractivity contribution in [2.24, 2.45) is 0 Å². The highest BCUT2D eigenvalue weighted by molar-refractivity contribution is 7.92. The van der Waals surface area contributed by atoms with Crippen molar-refractivity contribution in [3.05, 3.63) is 130 Å². The van der Waals surface area contributed by atoms with Gasteiger partial charge in [0, 0.05) is 5.56 Å². The maximum absolute atomic E-state index is 13.1. The number of carbonyl (C=O) groups is 2. The second-order valence-corrected chi connectivity index (χ2v) is 11.7. The molecule has 0 bridgehead atoms. The normalized spacial score (nSPS) is 11.9. The van der Waals surface area contributed by atoms with Gasteiger partial charge in [0.15, 0.2) is 0 Å². The van der Waals surface area contributed by atoms with Gasteiger partial charge >= 0.3 is 0 Å². The Hall–Kier alpha value is -4.43. The SMILES string of the molecule is Cc1ccc(N(Cc2ccc(C(=O)Nc3ccccc3C(=O)N[C@H](C)c3ccccc3)cc2)S(C)(=O)=O)cc1C. The molecule has 0 radical (unpaired) electrons. The summed E-state index contributed by atoms with van der Waals surface area (Å²) in [6, 6.07) is 28.6. The predicted molar refractivity (Wildman–Crippen MR) is 160 cm³/mol. The first-order valence-corrected chi connectivity index (χ1v) is 14.8.